The van der Waals surface area contributed by atoms with Crippen LogP contribution in [0.4, 0.5) is 0 Å². The molecule has 1 atom stereocenters. The van der Waals surface area contributed by atoms with E-state index in [-0.39, 0.29) is 36.4 Å². The Hall–Kier alpha value is -0.710. The molecule has 8 nitrogen and oxygen atoms in total. The summed E-state index contributed by atoms with van der Waals surface area (Å²) < 4.78 is 47.8. The van der Waals surface area contributed by atoms with Crippen LogP contribution in [0.5, 0.6) is 0 Å². The summed E-state index contributed by atoms with van der Waals surface area (Å²) in [5, 5.41) is 0. The lowest BCUT2D eigenvalue weighted by atomic mass is 10.2. The van der Waals surface area contributed by atoms with E-state index < -0.39 is 19.9 Å². The Morgan fingerprint density at radius 3 is 2.17 bits per heavy atom. The van der Waals surface area contributed by atoms with Crippen molar-refractivity contribution >= 4 is 25.8 Å². The van der Waals surface area contributed by atoms with Crippen LogP contribution >= 0.6 is 0 Å². The molecular formula is C13H27N3O5S2. The molecule has 0 aliphatic carbocycles. The van der Waals surface area contributed by atoms with E-state index in [9.17, 15) is 21.6 Å². The maximum absolute atomic E-state index is 12.2. The molecule has 0 radical (unpaired) electrons. The van der Waals surface area contributed by atoms with Crippen molar-refractivity contribution in [1.82, 2.24) is 14.1 Å². The Bertz CT molecular complexity index is 616. The largest absolute Gasteiger partial charge is 0.342 e. The second kappa shape index (κ2) is 7.91. The van der Waals surface area contributed by atoms with Crippen LogP contribution in [0.2, 0.25) is 0 Å². The Balaban J connectivity index is 2.58. The van der Waals surface area contributed by atoms with E-state index in [2.05, 4.69) is 0 Å². The number of sulfone groups is 1. The van der Waals surface area contributed by atoms with Gasteiger partial charge in [0.15, 0.2) is 9.84 Å². The van der Waals surface area contributed by atoms with Gasteiger partial charge in [-0.1, -0.05) is 0 Å². The average Bonchev–Trinajstić information content (AvgIpc) is 2.75. The Labute approximate surface area is 139 Å². The lowest BCUT2D eigenvalue weighted by molar-refractivity contribution is -0.131. The first-order valence-corrected chi connectivity index (χ1v) is 11.2. The molecule has 1 unspecified atom stereocenters. The number of sulfonamides is 1. The quantitative estimate of drug-likeness (QED) is 0.536. The summed E-state index contributed by atoms with van der Waals surface area (Å²) in [7, 11) is -1.16. The van der Waals surface area contributed by atoms with Gasteiger partial charge in [0, 0.05) is 39.1 Å². The third-order valence-corrected chi connectivity index (χ3v) is 7.04. The van der Waals surface area contributed by atoms with Gasteiger partial charge in [0.2, 0.25) is 15.9 Å². The molecule has 0 bridgehead atoms. The zero-order valence-corrected chi connectivity index (χ0v) is 15.9. The number of rotatable bonds is 8. The summed E-state index contributed by atoms with van der Waals surface area (Å²) in [6.07, 6.45) is 1.62. The van der Waals surface area contributed by atoms with Gasteiger partial charge in [0.05, 0.1) is 17.8 Å². The molecule has 0 aromatic heterocycles. The summed E-state index contributed by atoms with van der Waals surface area (Å²) in [4.78, 5) is 15.5. The van der Waals surface area contributed by atoms with Gasteiger partial charge in [-0.05, 0) is 20.5 Å². The molecule has 1 rings (SSSR count). The molecule has 1 aliphatic rings. The second-order valence-corrected chi connectivity index (χ2v) is 10.5. The Kier molecular flexibility index (Phi) is 6.99. The van der Waals surface area contributed by atoms with Crippen LogP contribution in [0.3, 0.4) is 0 Å². The molecule has 1 fully saturated rings. The fraction of sp³-hybridized carbons (Fsp3) is 0.923. The number of carbonyl (C=O) groups is 1. The first-order valence-electron chi connectivity index (χ1n) is 7.48. The molecule has 1 aliphatic heterocycles. The molecule has 23 heavy (non-hydrogen) atoms. The lowest BCUT2D eigenvalue weighted by Crippen LogP contribution is -2.41. The second-order valence-electron chi connectivity index (χ2n) is 6.28. The summed E-state index contributed by atoms with van der Waals surface area (Å²) in [6, 6.07) is -0.305. The highest BCUT2D eigenvalue weighted by atomic mass is 32.2. The highest BCUT2D eigenvalue weighted by Gasteiger charge is 2.32. The number of carbonyl (C=O) groups excluding carboxylic acids is 1. The number of hydrogen-bond acceptors (Lipinski definition) is 6. The fourth-order valence-electron chi connectivity index (χ4n) is 2.44. The molecule has 0 saturated carbocycles. The summed E-state index contributed by atoms with van der Waals surface area (Å²) in [5.74, 6) is -0.134. The standard InChI is InChI=1S/C13H27N3O5S2/c1-14(2)8-9-16(22(4,18)19)7-5-13(17)15(3)12-6-10-23(20,21)11-12/h12H,5-11H2,1-4H3. The van der Waals surface area contributed by atoms with E-state index >= 15 is 0 Å². The summed E-state index contributed by atoms with van der Waals surface area (Å²) in [5.41, 5.74) is 0. The zero-order valence-electron chi connectivity index (χ0n) is 14.2. The predicted molar refractivity (Wildman–Crippen MR) is 89.4 cm³/mol. The topological polar surface area (TPSA) is 95.1 Å². The van der Waals surface area contributed by atoms with E-state index in [1.165, 1.54) is 9.21 Å². The van der Waals surface area contributed by atoms with Crippen molar-refractivity contribution in [3.8, 4) is 0 Å². The third-order valence-electron chi connectivity index (χ3n) is 3.99. The van der Waals surface area contributed by atoms with Gasteiger partial charge in [-0.2, -0.15) is 0 Å². The van der Waals surface area contributed by atoms with Gasteiger partial charge in [-0.15, -0.1) is 0 Å². The van der Waals surface area contributed by atoms with Crippen LogP contribution in [-0.2, 0) is 24.7 Å². The molecule has 0 aromatic carbocycles. The van der Waals surface area contributed by atoms with Gasteiger partial charge in [-0.3, -0.25) is 4.79 Å². The van der Waals surface area contributed by atoms with Crippen molar-refractivity contribution < 1.29 is 21.6 Å². The van der Waals surface area contributed by atoms with Crippen molar-refractivity contribution in [3.63, 3.8) is 0 Å². The zero-order chi connectivity index (χ0) is 17.8. The van der Waals surface area contributed by atoms with Crippen LogP contribution in [-0.4, -0.2) is 101 Å². The summed E-state index contributed by atoms with van der Waals surface area (Å²) >= 11 is 0. The van der Waals surface area contributed by atoms with Crippen LogP contribution < -0.4 is 0 Å². The van der Waals surface area contributed by atoms with Crippen LogP contribution in [0.15, 0.2) is 0 Å². The molecule has 136 valence electrons. The van der Waals surface area contributed by atoms with Crippen molar-refractivity contribution in [3.05, 3.63) is 0 Å². The first-order chi connectivity index (χ1) is 10.4. The Morgan fingerprint density at radius 2 is 1.74 bits per heavy atom. The van der Waals surface area contributed by atoms with Crippen LogP contribution in [0, 0.1) is 0 Å². The van der Waals surface area contributed by atoms with Gasteiger partial charge in [0.1, 0.15) is 0 Å². The molecular weight excluding hydrogens is 342 g/mol. The first kappa shape index (κ1) is 20.3. The van der Waals surface area contributed by atoms with E-state index in [1.54, 1.807) is 7.05 Å². The fourth-order valence-corrected chi connectivity index (χ4v) is 5.05. The molecule has 10 heteroatoms. The van der Waals surface area contributed by atoms with Crippen molar-refractivity contribution in [2.75, 3.05) is 58.5 Å². The molecule has 0 spiro atoms. The van der Waals surface area contributed by atoms with Crippen LogP contribution in [0.25, 0.3) is 0 Å². The van der Waals surface area contributed by atoms with Crippen molar-refractivity contribution in [2.24, 2.45) is 0 Å². The van der Waals surface area contributed by atoms with Gasteiger partial charge >= 0.3 is 0 Å². The highest BCUT2D eigenvalue weighted by molar-refractivity contribution is 7.91. The highest BCUT2D eigenvalue weighted by Crippen LogP contribution is 2.17. The van der Waals surface area contributed by atoms with Crippen molar-refractivity contribution in [2.45, 2.75) is 18.9 Å². The summed E-state index contributed by atoms with van der Waals surface area (Å²) in [6.45, 7) is 0.994. The SMILES string of the molecule is CN(C)CCN(CCC(=O)N(C)C1CCS(=O)(=O)C1)S(C)(=O)=O. The molecule has 1 heterocycles. The smallest absolute Gasteiger partial charge is 0.223 e. The number of hydrogen-bond donors (Lipinski definition) is 0. The minimum atomic E-state index is -3.38. The van der Waals surface area contributed by atoms with Gasteiger partial charge < -0.3 is 9.80 Å². The third kappa shape index (κ3) is 6.74. The molecule has 0 aromatic rings. The van der Waals surface area contributed by atoms with E-state index in [0.717, 1.165) is 6.26 Å². The molecule has 0 N–H and O–H groups in total. The minimum absolute atomic E-state index is 0.00827. The van der Waals surface area contributed by atoms with E-state index in [4.69, 9.17) is 0 Å². The predicted octanol–water partition coefficient (Wildman–Crippen LogP) is -1.15. The van der Waals surface area contributed by atoms with Crippen LogP contribution in [0.1, 0.15) is 12.8 Å². The number of amides is 1. The Morgan fingerprint density at radius 1 is 1.13 bits per heavy atom. The maximum atomic E-state index is 12.2. The average molecular weight is 370 g/mol. The van der Waals surface area contributed by atoms with Gasteiger partial charge in [0.25, 0.3) is 0 Å². The number of nitrogens with zero attached hydrogens (tertiary/aromatic N) is 3. The van der Waals surface area contributed by atoms with Crippen molar-refractivity contribution in [1.29, 1.82) is 0 Å². The maximum Gasteiger partial charge on any atom is 0.223 e. The number of likely N-dealkylation sites (N-methyl/N-ethyl adjacent to an activating group) is 1. The van der Waals surface area contributed by atoms with Gasteiger partial charge in [-0.25, -0.2) is 21.1 Å². The molecule has 1 amide bonds. The normalized spacial score (nSPS) is 21.0. The van der Waals surface area contributed by atoms with E-state index in [0.29, 0.717) is 19.5 Å². The van der Waals surface area contributed by atoms with E-state index in [1.807, 2.05) is 19.0 Å². The molecule has 1 saturated heterocycles. The minimum Gasteiger partial charge on any atom is -0.342 e. The monoisotopic (exact) mass is 369 g/mol. The lowest BCUT2D eigenvalue weighted by Gasteiger charge is -2.26.